The summed E-state index contributed by atoms with van der Waals surface area (Å²) in [5.41, 5.74) is -0.756. The van der Waals surface area contributed by atoms with Crippen LogP contribution in [0.25, 0.3) is 0 Å². The molecule has 0 unspecified atom stereocenters. The molecule has 0 fully saturated rings. The Hall–Kier alpha value is -2.06. The molecule has 0 aromatic carbocycles. The van der Waals surface area contributed by atoms with Gasteiger partial charge in [-0.3, -0.25) is 9.59 Å². The highest BCUT2D eigenvalue weighted by molar-refractivity contribution is 5.68. The van der Waals surface area contributed by atoms with E-state index < -0.39 is 30.8 Å². The third-order valence-electron chi connectivity index (χ3n) is 1.71. The van der Waals surface area contributed by atoms with Gasteiger partial charge in [-0.2, -0.15) is 0 Å². The normalized spacial score (nSPS) is 11.9. The van der Waals surface area contributed by atoms with E-state index in [4.69, 9.17) is 5.11 Å². The summed E-state index contributed by atoms with van der Waals surface area (Å²) in [5, 5.41) is 24.2. The van der Waals surface area contributed by atoms with Crippen molar-refractivity contribution in [3.05, 3.63) is 5.21 Å². The summed E-state index contributed by atoms with van der Waals surface area (Å²) in [6, 6.07) is 0. The van der Waals surface area contributed by atoms with Gasteiger partial charge in [0.2, 0.25) is 5.28 Å². The molecule has 18 heavy (non-hydrogen) atoms. The van der Waals surface area contributed by atoms with E-state index in [1.807, 2.05) is 0 Å². The van der Waals surface area contributed by atoms with Gasteiger partial charge in [0.15, 0.2) is 6.54 Å². The summed E-state index contributed by atoms with van der Waals surface area (Å²) in [6.07, 6.45) is 0. The van der Waals surface area contributed by atoms with Gasteiger partial charge in [0.05, 0.1) is 10.5 Å². The summed E-state index contributed by atoms with van der Waals surface area (Å²) in [7, 11) is 0. The first kappa shape index (κ1) is 15.9. The Labute approximate surface area is 104 Å². The molecule has 104 valence electrons. The zero-order chi connectivity index (χ0) is 14.3. The van der Waals surface area contributed by atoms with Gasteiger partial charge in [-0.25, -0.2) is 0 Å². The molecule has 0 bridgehead atoms. The van der Waals surface area contributed by atoms with Crippen LogP contribution in [0.5, 0.6) is 0 Å². The Morgan fingerprint density at radius 1 is 1.44 bits per heavy atom. The fourth-order valence-electron chi connectivity index (χ4n) is 0.909. The predicted molar refractivity (Wildman–Crippen MR) is 57.9 cm³/mol. The average molecular weight is 263 g/mol. The maximum atomic E-state index is 11.5. The Kier molecular flexibility index (Phi) is 5.86. The zero-order valence-corrected chi connectivity index (χ0v) is 10.7. The largest absolute Gasteiger partial charge is 0.569 e. The third-order valence-corrected chi connectivity index (χ3v) is 1.71. The van der Waals surface area contributed by atoms with Gasteiger partial charge in [-0.05, 0) is 20.8 Å². The minimum atomic E-state index is -1.18. The molecule has 0 atom stereocenters. The molecule has 9 heteroatoms. The van der Waals surface area contributed by atoms with E-state index in [1.54, 1.807) is 20.8 Å². The number of nitrogens with zero attached hydrogens (tertiary/aromatic N) is 3. The summed E-state index contributed by atoms with van der Waals surface area (Å²) in [6.45, 7) is 5.05. The van der Waals surface area contributed by atoms with Gasteiger partial charge < -0.3 is 19.9 Å². The number of carbonyl (C=O) groups excluding carboxylic acids is 1. The maximum Gasteiger partial charge on any atom is 0.329 e. The van der Waals surface area contributed by atoms with Gasteiger partial charge in [-0.1, -0.05) is 0 Å². The van der Waals surface area contributed by atoms with E-state index in [2.05, 4.69) is 14.9 Å². The highest BCUT2D eigenvalue weighted by Gasteiger charge is 2.31. The summed E-state index contributed by atoms with van der Waals surface area (Å²) < 4.78 is 4.38. The number of carboxylic acid groups (broad SMARTS) is 1. The van der Waals surface area contributed by atoms with Crippen molar-refractivity contribution in [2.24, 2.45) is 5.28 Å². The van der Waals surface area contributed by atoms with Crippen molar-refractivity contribution in [1.29, 1.82) is 0 Å². The number of aliphatic carboxylic acids is 1. The molecular formula is C9H17N3O6. The van der Waals surface area contributed by atoms with Crippen LogP contribution in [0.2, 0.25) is 0 Å². The number of carboxylic acids is 1. The smallest absolute Gasteiger partial charge is 0.329 e. The quantitative estimate of drug-likeness (QED) is 0.185. The van der Waals surface area contributed by atoms with Gasteiger partial charge in [0.25, 0.3) is 6.79 Å². The van der Waals surface area contributed by atoms with Crippen molar-refractivity contribution in [1.82, 2.24) is 5.01 Å². The van der Waals surface area contributed by atoms with Crippen molar-refractivity contribution in [2.45, 2.75) is 33.2 Å². The topological polar surface area (TPSA) is 114 Å². The molecule has 0 amide bonds. The molecule has 0 rings (SSSR count). The second-order valence-corrected chi connectivity index (χ2v) is 4.34. The summed E-state index contributed by atoms with van der Waals surface area (Å²) >= 11 is 0. The van der Waals surface area contributed by atoms with Gasteiger partial charge in [0.1, 0.15) is 0 Å². The number of ether oxygens (including phenoxy) is 1. The van der Waals surface area contributed by atoms with Gasteiger partial charge in [0, 0.05) is 6.92 Å². The van der Waals surface area contributed by atoms with Crippen LogP contribution in [0.1, 0.15) is 27.7 Å². The number of esters is 1. The lowest BCUT2D eigenvalue weighted by molar-refractivity contribution is -0.724. The van der Waals surface area contributed by atoms with Crippen molar-refractivity contribution >= 4 is 11.9 Å². The first-order chi connectivity index (χ1) is 8.14. The van der Waals surface area contributed by atoms with Crippen LogP contribution >= 0.6 is 0 Å². The van der Waals surface area contributed by atoms with Crippen LogP contribution in [0.15, 0.2) is 5.28 Å². The summed E-state index contributed by atoms with van der Waals surface area (Å²) in [4.78, 5) is 25.5. The lowest BCUT2D eigenvalue weighted by atomic mass is 10.1. The molecule has 0 saturated carbocycles. The number of rotatable bonds is 6. The standard InChI is InChI=1S/C9H17N3O6/c1-7(13)17-6-18-10-12(16)11(5-8(14)15)9(2,3)4/h5-6H2,1-4H3,(H,14,15). The average Bonchev–Trinajstić information content (AvgIpc) is 2.18. The van der Waals surface area contributed by atoms with Crippen LogP contribution in [-0.2, 0) is 19.2 Å². The van der Waals surface area contributed by atoms with E-state index in [1.165, 1.54) is 6.92 Å². The van der Waals surface area contributed by atoms with E-state index in [-0.39, 0.29) is 4.97 Å². The fourth-order valence-corrected chi connectivity index (χ4v) is 0.909. The van der Waals surface area contributed by atoms with Crippen molar-refractivity contribution in [3.63, 3.8) is 0 Å². The molecule has 0 aromatic heterocycles. The van der Waals surface area contributed by atoms with Crippen molar-refractivity contribution in [2.75, 3.05) is 13.3 Å². The monoisotopic (exact) mass is 263 g/mol. The first-order valence-electron chi connectivity index (χ1n) is 5.07. The van der Waals surface area contributed by atoms with Crippen LogP contribution in [0.3, 0.4) is 0 Å². The number of hydrogen-bond acceptors (Lipinski definition) is 6. The van der Waals surface area contributed by atoms with Crippen LogP contribution in [-0.4, -0.2) is 45.9 Å². The molecule has 9 nitrogen and oxygen atoms in total. The lowest BCUT2D eigenvalue weighted by Gasteiger charge is -2.28. The molecule has 0 saturated heterocycles. The Morgan fingerprint density at radius 3 is 2.39 bits per heavy atom. The Morgan fingerprint density at radius 2 is 2.00 bits per heavy atom. The highest BCUT2D eigenvalue weighted by Crippen LogP contribution is 2.13. The van der Waals surface area contributed by atoms with Crippen LogP contribution < -0.4 is 0 Å². The van der Waals surface area contributed by atoms with Gasteiger partial charge >= 0.3 is 11.9 Å². The molecular weight excluding hydrogens is 246 g/mol. The molecule has 0 radical (unpaired) electrons. The van der Waals surface area contributed by atoms with E-state index in [0.29, 0.717) is 0 Å². The zero-order valence-electron chi connectivity index (χ0n) is 10.7. The molecule has 0 aromatic rings. The second kappa shape index (κ2) is 6.62. The van der Waals surface area contributed by atoms with Crippen molar-refractivity contribution < 1.29 is 29.2 Å². The van der Waals surface area contributed by atoms with E-state index >= 15 is 0 Å². The van der Waals surface area contributed by atoms with Crippen molar-refractivity contribution in [3.8, 4) is 0 Å². The third kappa shape index (κ3) is 6.51. The van der Waals surface area contributed by atoms with E-state index in [9.17, 15) is 14.8 Å². The second-order valence-electron chi connectivity index (χ2n) is 4.34. The van der Waals surface area contributed by atoms with E-state index in [0.717, 1.165) is 5.01 Å². The number of carbonyl (C=O) groups is 2. The fraction of sp³-hybridized carbons (Fsp3) is 0.778. The molecule has 0 spiro atoms. The summed E-state index contributed by atoms with van der Waals surface area (Å²) in [5.74, 6) is -1.76. The first-order valence-corrected chi connectivity index (χ1v) is 5.07. The Bertz CT molecular complexity index is 336. The Balaban J connectivity index is 4.55. The molecule has 0 heterocycles. The van der Waals surface area contributed by atoms with Crippen LogP contribution in [0.4, 0.5) is 0 Å². The number of hydrogen-bond donors (Lipinski definition) is 1. The maximum absolute atomic E-state index is 11.5. The van der Waals surface area contributed by atoms with Gasteiger partial charge in [-0.15, -0.1) is 5.01 Å². The molecule has 0 aliphatic heterocycles. The highest BCUT2D eigenvalue weighted by atomic mass is 16.8. The lowest BCUT2D eigenvalue weighted by Crippen LogP contribution is -2.48. The predicted octanol–water partition coefficient (Wildman–Crippen LogP) is 0.501. The molecule has 0 aliphatic rings. The minimum Gasteiger partial charge on any atom is -0.569 e. The van der Waals surface area contributed by atoms with Crippen LogP contribution in [0, 0.1) is 5.21 Å². The SMILES string of the molecule is CC(=O)OCON=[N+]([O-])N(CC(=O)O)C(C)(C)C. The molecule has 1 N–H and O–H groups in total. The number of hydrazine groups is 1. The minimum absolute atomic E-state index is 0.0115. The molecule has 0 aliphatic carbocycles.